The zero-order valence-corrected chi connectivity index (χ0v) is 12.9. The monoisotopic (exact) mass is 312 g/mol. The summed E-state index contributed by atoms with van der Waals surface area (Å²) in [6.07, 6.45) is 6.91. The molecule has 3 aromatic rings. The van der Waals surface area contributed by atoms with Crippen LogP contribution in [-0.4, -0.2) is 35.7 Å². The third-order valence-corrected chi connectivity index (χ3v) is 4.68. The minimum atomic E-state index is 0.774. The maximum absolute atomic E-state index is 4.58. The van der Waals surface area contributed by atoms with Crippen LogP contribution in [0.2, 0.25) is 0 Å². The van der Waals surface area contributed by atoms with E-state index < -0.39 is 0 Å². The third kappa shape index (κ3) is 2.76. The Bertz CT molecular complexity index is 764. The highest BCUT2D eigenvalue weighted by atomic mass is 32.2. The van der Waals surface area contributed by atoms with Crippen molar-refractivity contribution in [2.45, 2.75) is 31.0 Å². The molecule has 0 amide bonds. The molecule has 0 saturated heterocycles. The van der Waals surface area contributed by atoms with Crippen LogP contribution in [-0.2, 0) is 19.4 Å². The summed E-state index contributed by atoms with van der Waals surface area (Å²) in [5.41, 5.74) is 4.05. The number of thioether (sulfide) groups is 1. The van der Waals surface area contributed by atoms with Crippen LogP contribution in [0.1, 0.15) is 17.5 Å². The van der Waals surface area contributed by atoms with Gasteiger partial charge < -0.3 is 0 Å². The van der Waals surface area contributed by atoms with E-state index in [0.29, 0.717) is 0 Å². The lowest BCUT2D eigenvalue weighted by Gasteiger charge is -2.01. The fraction of sp³-hybridized carbons (Fsp3) is 0.333. The fourth-order valence-corrected chi connectivity index (χ4v) is 3.46. The Labute approximate surface area is 132 Å². The Morgan fingerprint density at radius 1 is 1.23 bits per heavy atom. The van der Waals surface area contributed by atoms with Crippen molar-refractivity contribution >= 4 is 11.8 Å². The molecule has 0 aliphatic heterocycles. The van der Waals surface area contributed by atoms with E-state index in [1.165, 1.54) is 30.4 Å². The molecule has 7 heteroatoms. The van der Waals surface area contributed by atoms with Crippen molar-refractivity contribution < 1.29 is 0 Å². The minimum Gasteiger partial charge on any atom is -0.258 e. The smallest absolute Gasteiger partial charge is 0.208 e. The molecule has 1 N–H and O–H groups in total. The molecule has 0 saturated carbocycles. The highest BCUT2D eigenvalue weighted by Crippen LogP contribution is 2.27. The number of H-pyrrole nitrogens is 1. The van der Waals surface area contributed by atoms with Crippen molar-refractivity contribution in [3.8, 4) is 11.4 Å². The van der Waals surface area contributed by atoms with Crippen LogP contribution in [0.4, 0.5) is 0 Å². The Morgan fingerprint density at radius 3 is 3.09 bits per heavy atom. The van der Waals surface area contributed by atoms with Crippen LogP contribution in [0.5, 0.6) is 0 Å². The molecule has 0 fully saturated rings. The van der Waals surface area contributed by atoms with Crippen molar-refractivity contribution in [3.05, 3.63) is 42.0 Å². The first-order chi connectivity index (χ1) is 10.9. The molecule has 22 heavy (non-hydrogen) atoms. The lowest BCUT2D eigenvalue weighted by atomic mass is 10.1. The summed E-state index contributed by atoms with van der Waals surface area (Å²) in [6.45, 7) is 0.799. The predicted molar refractivity (Wildman–Crippen MR) is 84.6 cm³/mol. The number of nitrogens with one attached hydrogen (secondary N) is 1. The fourth-order valence-electron chi connectivity index (χ4n) is 2.74. The Morgan fingerprint density at radius 2 is 2.18 bits per heavy atom. The number of fused-ring (bicyclic) bond motifs is 1. The highest BCUT2D eigenvalue weighted by molar-refractivity contribution is 7.99. The molecule has 1 aliphatic rings. The second-order valence-electron chi connectivity index (χ2n) is 5.31. The van der Waals surface area contributed by atoms with Gasteiger partial charge in [-0.25, -0.2) is 9.97 Å². The summed E-state index contributed by atoms with van der Waals surface area (Å²) in [6, 6.07) is 6.60. The van der Waals surface area contributed by atoms with Gasteiger partial charge in [0.1, 0.15) is 12.7 Å². The number of aryl methyl sites for hydroxylation is 3. The molecule has 0 spiro atoms. The van der Waals surface area contributed by atoms with E-state index in [-0.39, 0.29) is 0 Å². The maximum atomic E-state index is 4.58. The third-order valence-electron chi connectivity index (χ3n) is 3.85. The van der Waals surface area contributed by atoms with Gasteiger partial charge in [0.2, 0.25) is 5.16 Å². The van der Waals surface area contributed by atoms with Crippen LogP contribution < -0.4 is 0 Å². The minimum absolute atomic E-state index is 0.774. The molecule has 0 bridgehead atoms. The lowest BCUT2D eigenvalue weighted by molar-refractivity contribution is 0.664. The van der Waals surface area contributed by atoms with Crippen molar-refractivity contribution in [2.75, 3.05) is 5.75 Å². The average molecular weight is 312 g/mol. The molecular formula is C15H16N6S. The summed E-state index contributed by atoms with van der Waals surface area (Å²) in [5.74, 6) is 1.71. The average Bonchev–Trinajstić information content (AvgIpc) is 3.28. The summed E-state index contributed by atoms with van der Waals surface area (Å²) < 4.78 is 1.81. The van der Waals surface area contributed by atoms with E-state index >= 15 is 0 Å². The molecule has 2 aromatic heterocycles. The normalized spacial score (nSPS) is 13.5. The number of hydrogen-bond donors (Lipinski definition) is 1. The molecule has 2 heterocycles. The number of benzene rings is 1. The van der Waals surface area contributed by atoms with E-state index in [9.17, 15) is 0 Å². The van der Waals surface area contributed by atoms with Crippen LogP contribution in [0.25, 0.3) is 11.4 Å². The van der Waals surface area contributed by atoms with Gasteiger partial charge in [-0.15, -0.1) is 5.10 Å². The quantitative estimate of drug-likeness (QED) is 0.732. The summed E-state index contributed by atoms with van der Waals surface area (Å²) >= 11 is 1.62. The van der Waals surface area contributed by atoms with Crippen molar-refractivity contribution in [2.24, 2.45) is 0 Å². The molecule has 112 valence electrons. The topological polar surface area (TPSA) is 72.3 Å². The summed E-state index contributed by atoms with van der Waals surface area (Å²) in [7, 11) is 0. The van der Waals surface area contributed by atoms with Crippen LogP contribution in [0.15, 0.2) is 36.0 Å². The van der Waals surface area contributed by atoms with Gasteiger partial charge in [0.25, 0.3) is 0 Å². The van der Waals surface area contributed by atoms with Gasteiger partial charge in [-0.1, -0.05) is 23.9 Å². The number of rotatable bonds is 5. The van der Waals surface area contributed by atoms with Gasteiger partial charge in [0.15, 0.2) is 5.82 Å². The van der Waals surface area contributed by atoms with Gasteiger partial charge in [-0.2, -0.15) is 5.10 Å². The number of nitrogens with zero attached hydrogens (tertiary/aromatic N) is 5. The standard InChI is InChI=1S/C15H16N6S/c1-2-11-4-5-13(8-12(11)3-1)14-18-15(20-19-14)22-7-6-21-10-16-9-17-21/h4-5,8-10H,1-3,6-7H2,(H,18,19,20). The first kappa shape index (κ1) is 13.5. The van der Waals surface area contributed by atoms with Crippen molar-refractivity contribution in [1.82, 2.24) is 29.9 Å². The second kappa shape index (κ2) is 5.92. The Balaban J connectivity index is 1.42. The summed E-state index contributed by atoms with van der Waals surface area (Å²) in [4.78, 5) is 8.50. The van der Waals surface area contributed by atoms with E-state index in [4.69, 9.17) is 0 Å². The molecule has 1 aliphatic carbocycles. The molecule has 1 aromatic carbocycles. The Hall–Kier alpha value is -2.15. The van der Waals surface area contributed by atoms with E-state index in [2.05, 4.69) is 43.5 Å². The molecule has 0 radical (unpaired) electrons. The van der Waals surface area contributed by atoms with E-state index in [0.717, 1.165) is 28.8 Å². The van der Waals surface area contributed by atoms with E-state index in [1.54, 1.807) is 29.1 Å². The molecular weight excluding hydrogens is 296 g/mol. The maximum Gasteiger partial charge on any atom is 0.208 e. The Kier molecular flexibility index (Phi) is 3.64. The molecule has 0 atom stereocenters. The predicted octanol–water partition coefficient (Wildman–Crippen LogP) is 2.34. The largest absolute Gasteiger partial charge is 0.258 e. The summed E-state index contributed by atoms with van der Waals surface area (Å²) in [5, 5.41) is 12.2. The number of aromatic nitrogens is 6. The van der Waals surface area contributed by atoms with Gasteiger partial charge >= 0.3 is 0 Å². The van der Waals surface area contributed by atoms with Crippen LogP contribution in [0, 0.1) is 0 Å². The second-order valence-corrected chi connectivity index (χ2v) is 6.37. The zero-order chi connectivity index (χ0) is 14.8. The molecule has 6 nitrogen and oxygen atoms in total. The van der Waals surface area contributed by atoms with Crippen molar-refractivity contribution in [1.29, 1.82) is 0 Å². The van der Waals surface area contributed by atoms with Gasteiger partial charge in [0.05, 0.1) is 6.54 Å². The number of hydrogen-bond acceptors (Lipinski definition) is 5. The molecule has 4 rings (SSSR count). The van der Waals surface area contributed by atoms with Gasteiger partial charge in [-0.05, 0) is 36.5 Å². The van der Waals surface area contributed by atoms with E-state index in [1.807, 2.05) is 0 Å². The SMILES string of the molecule is c1ncn(CCSc2n[nH]c(-c3ccc4c(c3)CCC4)n2)n1. The molecule has 0 unspecified atom stereocenters. The zero-order valence-electron chi connectivity index (χ0n) is 12.1. The van der Waals surface area contributed by atoms with Gasteiger partial charge in [0, 0.05) is 11.3 Å². The van der Waals surface area contributed by atoms with Crippen molar-refractivity contribution in [3.63, 3.8) is 0 Å². The van der Waals surface area contributed by atoms with Crippen LogP contribution in [0.3, 0.4) is 0 Å². The highest BCUT2D eigenvalue weighted by Gasteiger charge is 2.13. The lowest BCUT2D eigenvalue weighted by Crippen LogP contribution is -2.00. The van der Waals surface area contributed by atoms with Crippen LogP contribution >= 0.6 is 11.8 Å². The first-order valence-electron chi connectivity index (χ1n) is 7.38. The van der Waals surface area contributed by atoms with Gasteiger partial charge in [-0.3, -0.25) is 9.78 Å². The first-order valence-corrected chi connectivity index (χ1v) is 8.37. The number of aromatic amines is 1.